The average molecular weight is 925 g/mol. The number of hydrogen-bond acceptors (Lipinski definition) is 7. The maximum atomic E-state index is 14.3. The predicted octanol–water partition coefficient (Wildman–Crippen LogP) is 11.8. The third-order valence-electron chi connectivity index (χ3n) is 8.40. The second kappa shape index (κ2) is 17.8. The SMILES string of the molecule is CNc1ncccc1-c1cn(COCC[Si](C)(C)C)c2ncc(Br)c(Cl)c12.C[Si](C)(C)CCOCn1cc(-c2cccnc2F)c2c(Cl)c(Br)cnc21. The van der Waals surface area contributed by atoms with E-state index in [1.54, 1.807) is 30.7 Å². The number of aromatic nitrogens is 6. The molecule has 282 valence electrons. The molecule has 0 saturated carbocycles. The second-order valence-corrected chi connectivity index (χ2v) is 28.7. The average Bonchev–Trinajstić information content (AvgIpc) is 3.67. The first-order valence-corrected chi connectivity index (χ1v) is 26.9. The van der Waals surface area contributed by atoms with Crippen LogP contribution in [0.25, 0.3) is 44.3 Å². The number of fused-ring (bicyclic) bond motifs is 2. The first-order chi connectivity index (χ1) is 25.1. The van der Waals surface area contributed by atoms with Crippen LogP contribution in [0.4, 0.5) is 10.2 Å². The highest BCUT2D eigenvalue weighted by atomic mass is 79.9. The van der Waals surface area contributed by atoms with Crippen molar-refractivity contribution in [2.24, 2.45) is 0 Å². The van der Waals surface area contributed by atoms with Crippen LogP contribution in [0.2, 0.25) is 61.4 Å². The van der Waals surface area contributed by atoms with Crippen LogP contribution in [0.5, 0.6) is 0 Å². The van der Waals surface area contributed by atoms with Crippen LogP contribution < -0.4 is 5.32 Å². The minimum Gasteiger partial charge on any atom is -0.373 e. The summed E-state index contributed by atoms with van der Waals surface area (Å²) in [4.78, 5) is 17.2. The molecule has 0 atom stereocenters. The lowest BCUT2D eigenvalue weighted by Gasteiger charge is -2.15. The minimum atomic E-state index is -1.16. The smallest absolute Gasteiger partial charge is 0.220 e. The van der Waals surface area contributed by atoms with Crippen LogP contribution in [0.15, 0.2) is 70.4 Å². The fraction of sp³-hybridized carbons (Fsp3) is 0.351. The Hall–Kier alpha value is -2.70. The molecule has 0 aromatic carbocycles. The lowest BCUT2D eigenvalue weighted by Crippen LogP contribution is -2.22. The van der Waals surface area contributed by atoms with Crippen LogP contribution >= 0.6 is 55.1 Å². The molecule has 0 saturated heterocycles. The van der Waals surface area contributed by atoms with Crippen molar-refractivity contribution < 1.29 is 13.9 Å². The van der Waals surface area contributed by atoms with Crippen molar-refractivity contribution in [1.29, 1.82) is 0 Å². The molecule has 0 bridgehead atoms. The third-order valence-corrected chi connectivity index (χ3v) is 14.2. The number of nitrogens with zero attached hydrogens (tertiary/aromatic N) is 6. The van der Waals surface area contributed by atoms with Crippen molar-refractivity contribution in [3.05, 3.63) is 86.4 Å². The van der Waals surface area contributed by atoms with E-state index >= 15 is 0 Å². The fourth-order valence-corrected chi connectivity index (χ4v) is 8.07. The monoisotopic (exact) mass is 921 g/mol. The molecule has 0 fully saturated rings. The van der Waals surface area contributed by atoms with E-state index < -0.39 is 22.1 Å². The van der Waals surface area contributed by atoms with E-state index in [1.807, 2.05) is 40.7 Å². The minimum absolute atomic E-state index is 0.341. The molecule has 0 spiro atoms. The number of hydrogen-bond donors (Lipinski definition) is 1. The summed E-state index contributed by atoms with van der Waals surface area (Å²) in [5, 5.41) is 5.86. The first kappa shape index (κ1) is 41.5. The number of ether oxygens (including phenoxy) is 2. The van der Waals surface area contributed by atoms with Gasteiger partial charge >= 0.3 is 0 Å². The molecule has 16 heteroatoms. The van der Waals surface area contributed by atoms with E-state index in [0.29, 0.717) is 56.7 Å². The molecule has 0 unspecified atom stereocenters. The summed E-state index contributed by atoms with van der Waals surface area (Å²) in [5.74, 6) is 0.259. The lowest BCUT2D eigenvalue weighted by atomic mass is 10.1. The summed E-state index contributed by atoms with van der Waals surface area (Å²) in [6.07, 6.45) is 10.4. The Morgan fingerprint density at radius 1 is 0.698 bits per heavy atom. The normalized spacial score (nSPS) is 12.0. The molecule has 1 N–H and O–H groups in total. The van der Waals surface area contributed by atoms with Crippen LogP contribution in [-0.2, 0) is 22.9 Å². The highest BCUT2D eigenvalue weighted by molar-refractivity contribution is 9.10. The van der Waals surface area contributed by atoms with Gasteiger partial charge in [-0.25, -0.2) is 19.9 Å². The van der Waals surface area contributed by atoms with Gasteiger partial charge in [0, 0.05) is 107 Å². The molecule has 6 aromatic rings. The van der Waals surface area contributed by atoms with Gasteiger partial charge in [-0.2, -0.15) is 4.39 Å². The highest BCUT2D eigenvalue weighted by Gasteiger charge is 2.21. The molecule has 9 nitrogen and oxygen atoms in total. The van der Waals surface area contributed by atoms with Gasteiger partial charge in [-0.05, 0) is 68.2 Å². The molecule has 6 heterocycles. The molecule has 6 rings (SSSR count). The Morgan fingerprint density at radius 2 is 1.15 bits per heavy atom. The van der Waals surface area contributed by atoms with Crippen molar-refractivity contribution >= 4 is 99.1 Å². The third kappa shape index (κ3) is 10.3. The summed E-state index contributed by atoms with van der Waals surface area (Å²) in [6, 6.07) is 9.54. The Kier molecular flexibility index (Phi) is 14.0. The van der Waals surface area contributed by atoms with E-state index in [4.69, 9.17) is 32.7 Å². The molecule has 0 aliphatic rings. The number of rotatable bonds is 13. The van der Waals surface area contributed by atoms with Crippen molar-refractivity contribution in [1.82, 2.24) is 29.1 Å². The van der Waals surface area contributed by atoms with Gasteiger partial charge in [-0.3, -0.25) is 0 Å². The molecule has 0 radical (unpaired) electrons. The van der Waals surface area contributed by atoms with Gasteiger partial charge in [-0.1, -0.05) is 62.5 Å². The van der Waals surface area contributed by atoms with Gasteiger partial charge < -0.3 is 23.9 Å². The highest BCUT2D eigenvalue weighted by Crippen LogP contribution is 2.41. The van der Waals surface area contributed by atoms with E-state index in [0.717, 1.165) is 51.1 Å². The van der Waals surface area contributed by atoms with Gasteiger partial charge in [-0.15, -0.1) is 0 Å². The molecular formula is C37H44Br2Cl2FN7O2Si2. The van der Waals surface area contributed by atoms with Gasteiger partial charge in [0.15, 0.2) is 0 Å². The van der Waals surface area contributed by atoms with Crippen LogP contribution in [0, 0.1) is 5.95 Å². The summed E-state index contributed by atoms with van der Waals surface area (Å²) >= 11 is 20.0. The van der Waals surface area contributed by atoms with Gasteiger partial charge in [0.25, 0.3) is 0 Å². The Labute approximate surface area is 338 Å². The standard InChI is InChI=1S/C19H24BrClN4OSi.C18H20BrClFN3OSi/c1-22-18-13(6-5-7-23-18)14-11-25(12-26-8-9-27(2,3)4)19-16(14)17(21)15(20)10-24-19;1-26(2,3)8-7-25-11-24-10-13(12-5-4-6-22-17(12)21)15-16(20)14(19)9-23-18(15)24/h5-7,10-11H,8-9,12H2,1-4H3,(H,22,23);4-6,9-10H,7-8,11H2,1-3H3. The topological polar surface area (TPSA) is 91.9 Å². The zero-order valence-electron chi connectivity index (χ0n) is 30.9. The molecule has 6 aromatic heterocycles. The van der Waals surface area contributed by atoms with Crippen molar-refractivity contribution in [2.75, 3.05) is 25.6 Å². The molecule has 0 amide bonds. The van der Waals surface area contributed by atoms with E-state index in [2.05, 4.69) is 96.4 Å². The summed E-state index contributed by atoms with van der Waals surface area (Å²) in [5.41, 5.74) is 4.46. The van der Waals surface area contributed by atoms with Crippen LogP contribution in [-0.4, -0.2) is 65.5 Å². The Morgan fingerprint density at radius 3 is 1.60 bits per heavy atom. The zero-order chi connectivity index (χ0) is 38.5. The number of pyridine rings is 4. The first-order valence-electron chi connectivity index (χ1n) is 17.1. The zero-order valence-corrected chi connectivity index (χ0v) is 37.6. The van der Waals surface area contributed by atoms with Crippen molar-refractivity contribution in [2.45, 2.75) is 64.8 Å². The predicted molar refractivity (Wildman–Crippen MR) is 229 cm³/mol. The van der Waals surface area contributed by atoms with Crippen molar-refractivity contribution in [3.8, 4) is 22.3 Å². The molecule has 53 heavy (non-hydrogen) atoms. The molecular weight excluding hydrogens is 880 g/mol. The van der Waals surface area contributed by atoms with E-state index in [9.17, 15) is 4.39 Å². The fourth-order valence-electron chi connectivity index (χ4n) is 5.49. The summed E-state index contributed by atoms with van der Waals surface area (Å²) in [7, 11) is -0.413. The molecule has 0 aliphatic heterocycles. The number of nitrogens with one attached hydrogen (secondary N) is 1. The van der Waals surface area contributed by atoms with Gasteiger partial charge in [0.2, 0.25) is 5.95 Å². The van der Waals surface area contributed by atoms with Gasteiger partial charge in [0.1, 0.15) is 30.6 Å². The summed E-state index contributed by atoms with van der Waals surface area (Å²) < 4.78 is 31.4. The lowest BCUT2D eigenvalue weighted by molar-refractivity contribution is 0.0898. The van der Waals surface area contributed by atoms with Crippen LogP contribution in [0.3, 0.4) is 0 Å². The molecule has 0 aliphatic carbocycles. The quantitative estimate of drug-likeness (QED) is 0.0701. The van der Waals surface area contributed by atoms with E-state index in [1.165, 1.54) is 6.20 Å². The van der Waals surface area contributed by atoms with E-state index in [-0.39, 0.29) is 0 Å². The Balaban J connectivity index is 0.000000204. The maximum Gasteiger partial charge on any atom is 0.220 e. The summed E-state index contributed by atoms with van der Waals surface area (Å²) in [6.45, 7) is 16.2. The maximum absolute atomic E-state index is 14.3. The second-order valence-electron chi connectivity index (χ2n) is 14.9. The van der Waals surface area contributed by atoms with Gasteiger partial charge in [0.05, 0.1) is 19.0 Å². The van der Waals surface area contributed by atoms with Crippen molar-refractivity contribution in [3.63, 3.8) is 0 Å². The Bertz CT molecular complexity index is 2210. The number of anilines is 1. The number of halogens is 5. The van der Waals surface area contributed by atoms with Crippen LogP contribution in [0.1, 0.15) is 0 Å². The largest absolute Gasteiger partial charge is 0.373 e.